The molecule has 0 unspecified atom stereocenters. The summed E-state index contributed by atoms with van der Waals surface area (Å²) in [6.07, 6.45) is 0. The Morgan fingerprint density at radius 1 is 1.26 bits per heavy atom. The fourth-order valence-electron chi connectivity index (χ4n) is 1.33. The number of anilines is 2. The van der Waals surface area contributed by atoms with Gasteiger partial charge < -0.3 is 10.4 Å². The zero-order valence-electron chi connectivity index (χ0n) is 9.48. The Morgan fingerprint density at radius 2 is 2.00 bits per heavy atom. The third kappa shape index (κ3) is 3.23. The molecule has 0 radical (unpaired) electrons. The predicted molar refractivity (Wildman–Crippen MR) is 69.6 cm³/mol. The molecule has 0 bridgehead atoms. The largest absolute Gasteiger partial charge is 0.477 e. The van der Waals surface area contributed by atoms with E-state index in [-0.39, 0.29) is 11.5 Å². The van der Waals surface area contributed by atoms with Gasteiger partial charge in [0.25, 0.3) is 0 Å². The summed E-state index contributed by atoms with van der Waals surface area (Å²) >= 11 is 5.87. The number of H-pyrrole nitrogens is 1. The Balaban J connectivity index is 2.01. The number of rotatable bonds is 3. The van der Waals surface area contributed by atoms with Crippen molar-refractivity contribution in [1.29, 1.82) is 0 Å². The number of para-hydroxylation sites is 1. The van der Waals surface area contributed by atoms with Crippen LogP contribution in [0.5, 0.6) is 0 Å². The third-order valence-electron chi connectivity index (χ3n) is 2.17. The van der Waals surface area contributed by atoms with E-state index in [9.17, 15) is 9.59 Å². The standard InChI is InChI=1S/C11H9ClN4O3/c12-6-3-1-2-4-7(6)13-11(19)14-9-5-8(10(17)18)15-16-9/h1-5H,(H,17,18)(H3,13,14,15,16,19). The van der Waals surface area contributed by atoms with Gasteiger partial charge in [-0.1, -0.05) is 23.7 Å². The molecule has 1 aromatic heterocycles. The lowest BCUT2D eigenvalue weighted by molar-refractivity contribution is 0.0690. The number of carbonyl (C=O) groups is 2. The SMILES string of the molecule is O=C(Nc1cc(C(=O)O)[nH]n1)Nc1ccccc1Cl. The molecule has 4 N–H and O–H groups in total. The molecule has 2 amide bonds. The van der Waals surface area contributed by atoms with Gasteiger partial charge in [0.1, 0.15) is 5.69 Å². The Bertz CT molecular complexity index is 626. The number of urea groups is 1. The molecular weight excluding hydrogens is 272 g/mol. The Morgan fingerprint density at radius 3 is 2.63 bits per heavy atom. The third-order valence-corrected chi connectivity index (χ3v) is 2.50. The highest BCUT2D eigenvalue weighted by molar-refractivity contribution is 6.33. The molecule has 0 saturated heterocycles. The Labute approximate surface area is 112 Å². The van der Waals surface area contributed by atoms with Crippen molar-refractivity contribution in [3.05, 3.63) is 41.0 Å². The molecule has 0 atom stereocenters. The van der Waals surface area contributed by atoms with Gasteiger partial charge in [-0.3, -0.25) is 10.4 Å². The highest BCUT2D eigenvalue weighted by Crippen LogP contribution is 2.20. The molecule has 0 fully saturated rings. The van der Waals surface area contributed by atoms with Gasteiger partial charge in [0.2, 0.25) is 0 Å². The molecule has 0 aliphatic heterocycles. The van der Waals surface area contributed by atoms with Crippen molar-refractivity contribution < 1.29 is 14.7 Å². The van der Waals surface area contributed by atoms with E-state index in [0.29, 0.717) is 10.7 Å². The summed E-state index contributed by atoms with van der Waals surface area (Å²) in [6.45, 7) is 0. The number of hydrogen-bond donors (Lipinski definition) is 4. The number of halogens is 1. The van der Waals surface area contributed by atoms with Gasteiger partial charge in [-0.25, -0.2) is 9.59 Å². The maximum atomic E-state index is 11.6. The number of carboxylic acids is 1. The summed E-state index contributed by atoms with van der Waals surface area (Å²) in [6, 6.07) is 7.35. The van der Waals surface area contributed by atoms with Crippen molar-refractivity contribution in [1.82, 2.24) is 10.2 Å². The smallest absolute Gasteiger partial charge is 0.353 e. The van der Waals surface area contributed by atoms with E-state index in [0.717, 1.165) is 0 Å². The van der Waals surface area contributed by atoms with Crippen LogP contribution in [0.4, 0.5) is 16.3 Å². The summed E-state index contributed by atoms with van der Waals surface area (Å²) in [4.78, 5) is 22.2. The van der Waals surface area contributed by atoms with E-state index in [2.05, 4.69) is 20.8 Å². The summed E-state index contributed by atoms with van der Waals surface area (Å²) in [5, 5.41) is 19.9. The first-order valence-corrected chi connectivity index (χ1v) is 5.55. The van der Waals surface area contributed by atoms with Crippen molar-refractivity contribution in [3.8, 4) is 0 Å². The molecule has 98 valence electrons. The number of nitrogens with one attached hydrogen (secondary N) is 3. The van der Waals surface area contributed by atoms with Crippen LogP contribution in [0.1, 0.15) is 10.5 Å². The first-order chi connectivity index (χ1) is 9.06. The second kappa shape index (κ2) is 5.40. The summed E-state index contributed by atoms with van der Waals surface area (Å²) in [7, 11) is 0. The van der Waals surface area contributed by atoms with E-state index in [4.69, 9.17) is 16.7 Å². The van der Waals surface area contributed by atoms with Gasteiger partial charge in [-0.2, -0.15) is 5.10 Å². The molecule has 0 saturated carbocycles. The number of amides is 2. The lowest BCUT2D eigenvalue weighted by Crippen LogP contribution is -2.19. The molecule has 0 aliphatic rings. The zero-order valence-corrected chi connectivity index (χ0v) is 10.2. The lowest BCUT2D eigenvalue weighted by Gasteiger charge is -2.06. The fraction of sp³-hybridized carbons (Fsp3) is 0. The molecule has 2 aromatic rings. The van der Waals surface area contributed by atoms with Crippen molar-refractivity contribution in [3.63, 3.8) is 0 Å². The van der Waals surface area contributed by atoms with Crippen LogP contribution in [0, 0.1) is 0 Å². The number of carbonyl (C=O) groups excluding carboxylic acids is 1. The topological polar surface area (TPSA) is 107 Å². The normalized spacial score (nSPS) is 9.95. The second-order valence-electron chi connectivity index (χ2n) is 3.53. The number of aromatic nitrogens is 2. The fourth-order valence-corrected chi connectivity index (χ4v) is 1.51. The highest BCUT2D eigenvalue weighted by Gasteiger charge is 2.10. The minimum absolute atomic E-state index is 0.0990. The van der Waals surface area contributed by atoms with E-state index >= 15 is 0 Å². The van der Waals surface area contributed by atoms with Crippen LogP contribution in [0.2, 0.25) is 5.02 Å². The molecule has 0 aliphatic carbocycles. The van der Waals surface area contributed by atoms with Crippen LogP contribution >= 0.6 is 11.6 Å². The highest BCUT2D eigenvalue weighted by atomic mass is 35.5. The van der Waals surface area contributed by atoms with E-state index in [1.807, 2.05) is 0 Å². The molecular formula is C11H9ClN4O3. The van der Waals surface area contributed by atoms with Gasteiger partial charge in [0.05, 0.1) is 10.7 Å². The minimum atomic E-state index is -1.16. The maximum Gasteiger partial charge on any atom is 0.353 e. The first-order valence-electron chi connectivity index (χ1n) is 5.17. The molecule has 2 rings (SSSR count). The van der Waals surface area contributed by atoms with Crippen LogP contribution in [0.3, 0.4) is 0 Å². The Kier molecular flexibility index (Phi) is 3.67. The number of aromatic carboxylic acids is 1. The van der Waals surface area contributed by atoms with Gasteiger partial charge in [-0.05, 0) is 12.1 Å². The molecule has 1 aromatic carbocycles. The quantitative estimate of drug-likeness (QED) is 0.692. The summed E-state index contributed by atoms with van der Waals surface area (Å²) < 4.78 is 0. The minimum Gasteiger partial charge on any atom is -0.477 e. The molecule has 19 heavy (non-hydrogen) atoms. The van der Waals surface area contributed by atoms with E-state index < -0.39 is 12.0 Å². The number of aromatic amines is 1. The number of benzene rings is 1. The monoisotopic (exact) mass is 280 g/mol. The van der Waals surface area contributed by atoms with Crippen molar-refractivity contribution in [2.24, 2.45) is 0 Å². The molecule has 8 heteroatoms. The van der Waals surface area contributed by atoms with E-state index in [1.165, 1.54) is 6.07 Å². The Hall–Kier alpha value is -2.54. The molecule has 1 heterocycles. The average Bonchev–Trinajstić information content (AvgIpc) is 2.80. The maximum absolute atomic E-state index is 11.6. The number of nitrogens with zero attached hydrogens (tertiary/aromatic N) is 1. The number of hydrogen-bond acceptors (Lipinski definition) is 3. The van der Waals surface area contributed by atoms with Crippen molar-refractivity contribution >= 4 is 35.1 Å². The second-order valence-corrected chi connectivity index (χ2v) is 3.94. The van der Waals surface area contributed by atoms with Crippen LogP contribution in [0.15, 0.2) is 30.3 Å². The zero-order chi connectivity index (χ0) is 13.8. The van der Waals surface area contributed by atoms with Crippen LogP contribution in [0.25, 0.3) is 0 Å². The van der Waals surface area contributed by atoms with Crippen LogP contribution in [-0.2, 0) is 0 Å². The summed E-state index contributed by atoms with van der Waals surface area (Å²) in [5.41, 5.74) is 0.323. The molecule has 0 spiro atoms. The van der Waals surface area contributed by atoms with Gasteiger partial charge in [0.15, 0.2) is 5.82 Å². The number of carboxylic acid groups (broad SMARTS) is 1. The van der Waals surface area contributed by atoms with Crippen molar-refractivity contribution in [2.45, 2.75) is 0 Å². The van der Waals surface area contributed by atoms with E-state index in [1.54, 1.807) is 24.3 Å². The van der Waals surface area contributed by atoms with Gasteiger partial charge in [0, 0.05) is 6.07 Å². The lowest BCUT2D eigenvalue weighted by atomic mass is 10.3. The van der Waals surface area contributed by atoms with Crippen LogP contribution in [-0.4, -0.2) is 27.3 Å². The predicted octanol–water partition coefficient (Wildman–Crippen LogP) is 2.41. The van der Waals surface area contributed by atoms with Crippen LogP contribution < -0.4 is 10.6 Å². The molecule has 7 nitrogen and oxygen atoms in total. The van der Waals surface area contributed by atoms with Gasteiger partial charge in [-0.15, -0.1) is 0 Å². The summed E-state index contributed by atoms with van der Waals surface area (Å²) in [5.74, 6) is -1.06. The average molecular weight is 281 g/mol. The van der Waals surface area contributed by atoms with Crippen molar-refractivity contribution in [2.75, 3.05) is 10.6 Å². The van der Waals surface area contributed by atoms with Gasteiger partial charge >= 0.3 is 12.0 Å². The first kappa shape index (κ1) is 12.9.